The molecule has 1 aliphatic carbocycles. The molecule has 1 aliphatic heterocycles. The molecule has 0 unspecified atom stereocenters. The van der Waals surface area contributed by atoms with Crippen LogP contribution >= 0.6 is 11.8 Å². The Morgan fingerprint density at radius 3 is 2.52 bits per heavy atom. The number of piperidine rings is 1. The van der Waals surface area contributed by atoms with Crippen LogP contribution in [0.3, 0.4) is 0 Å². The van der Waals surface area contributed by atoms with E-state index < -0.39 is 0 Å². The maximum absolute atomic E-state index is 13.5. The van der Waals surface area contributed by atoms with Gasteiger partial charge in [-0.1, -0.05) is 18.2 Å². The minimum atomic E-state index is -0.174. The van der Waals surface area contributed by atoms with E-state index in [-0.39, 0.29) is 29.5 Å². The molecule has 6 heteroatoms. The van der Waals surface area contributed by atoms with Crippen molar-refractivity contribution in [1.82, 2.24) is 10.2 Å². The number of nitrogens with one attached hydrogen (secondary N) is 1. The highest BCUT2D eigenvalue weighted by molar-refractivity contribution is 7.98. The summed E-state index contributed by atoms with van der Waals surface area (Å²) in [5.74, 6) is 1.85. The van der Waals surface area contributed by atoms with Crippen LogP contribution in [0.4, 0.5) is 4.39 Å². The molecule has 1 saturated carbocycles. The third kappa shape index (κ3) is 5.21. The van der Waals surface area contributed by atoms with Crippen LogP contribution in [0.15, 0.2) is 24.3 Å². The standard InChI is InChI=1S/C19H25FN2O2S/c20-17-4-2-1-3-16(17)13-25-12-9-21-18(23)14-7-10-22(11-8-14)19(24)15-5-6-15/h1-4,14-15H,5-13H2,(H,21,23). The van der Waals surface area contributed by atoms with Gasteiger partial charge in [0.15, 0.2) is 0 Å². The van der Waals surface area contributed by atoms with Gasteiger partial charge in [-0.25, -0.2) is 4.39 Å². The Morgan fingerprint density at radius 1 is 1.12 bits per heavy atom. The van der Waals surface area contributed by atoms with Crippen LogP contribution in [0.2, 0.25) is 0 Å². The SMILES string of the molecule is O=C(NCCSCc1ccccc1F)C1CCN(C(=O)C2CC2)CC1. The average molecular weight is 364 g/mol. The van der Waals surface area contributed by atoms with Gasteiger partial charge >= 0.3 is 0 Å². The summed E-state index contributed by atoms with van der Waals surface area (Å²) in [5.41, 5.74) is 0.700. The Hall–Kier alpha value is -1.56. The van der Waals surface area contributed by atoms with E-state index in [1.165, 1.54) is 6.07 Å². The molecule has 2 fully saturated rings. The average Bonchev–Trinajstić information content (AvgIpc) is 3.47. The number of likely N-dealkylation sites (tertiary alicyclic amines) is 1. The Kier molecular flexibility index (Phi) is 6.34. The second kappa shape index (κ2) is 8.70. The number of amides is 2. The zero-order valence-electron chi connectivity index (χ0n) is 14.4. The fraction of sp³-hybridized carbons (Fsp3) is 0.579. The van der Waals surface area contributed by atoms with Gasteiger partial charge in [0, 0.05) is 43.0 Å². The van der Waals surface area contributed by atoms with Crippen molar-refractivity contribution in [3.05, 3.63) is 35.6 Å². The summed E-state index contributed by atoms with van der Waals surface area (Å²) >= 11 is 1.62. The predicted octanol–water partition coefficient (Wildman–Crippen LogP) is 2.82. The Balaban J connectivity index is 1.29. The van der Waals surface area contributed by atoms with Gasteiger partial charge in [0.25, 0.3) is 0 Å². The Morgan fingerprint density at radius 2 is 1.84 bits per heavy atom. The van der Waals surface area contributed by atoms with Crippen molar-refractivity contribution in [2.75, 3.05) is 25.4 Å². The van der Waals surface area contributed by atoms with Crippen molar-refractivity contribution in [1.29, 1.82) is 0 Å². The number of halogens is 1. The fourth-order valence-corrected chi connectivity index (χ4v) is 3.98. The van der Waals surface area contributed by atoms with Crippen molar-refractivity contribution in [3.8, 4) is 0 Å². The lowest BCUT2D eigenvalue weighted by molar-refractivity contribution is -0.136. The van der Waals surface area contributed by atoms with E-state index in [1.807, 2.05) is 11.0 Å². The fourth-order valence-electron chi connectivity index (χ4n) is 3.14. The normalized spacial score (nSPS) is 18.2. The quantitative estimate of drug-likeness (QED) is 0.757. The number of hydrogen-bond acceptors (Lipinski definition) is 3. The molecule has 136 valence electrons. The first-order chi connectivity index (χ1) is 12.1. The summed E-state index contributed by atoms with van der Waals surface area (Å²) in [7, 11) is 0. The first-order valence-electron chi connectivity index (χ1n) is 9.03. The van der Waals surface area contributed by atoms with Crippen LogP contribution in [0.5, 0.6) is 0 Å². The molecule has 1 aromatic rings. The third-order valence-corrected chi connectivity index (χ3v) is 5.87. The summed E-state index contributed by atoms with van der Waals surface area (Å²) in [6, 6.07) is 6.78. The lowest BCUT2D eigenvalue weighted by Crippen LogP contribution is -2.43. The van der Waals surface area contributed by atoms with Crippen molar-refractivity contribution < 1.29 is 14.0 Å². The first-order valence-corrected chi connectivity index (χ1v) is 10.2. The van der Waals surface area contributed by atoms with Crippen molar-refractivity contribution in [2.45, 2.75) is 31.4 Å². The number of nitrogens with zero attached hydrogens (tertiary/aromatic N) is 1. The number of carbonyl (C=O) groups excluding carboxylic acids is 2. The largest absolute Gasteiger partial charge is 0.355 e. The highest BCUT2D eigenvalue weighted by Gasteiger charge is 2.35. The molecule has 2 amide bonds. The zero-order valence-corrected chi connectivity index (χ0v) is 15.2. The third-order valence-electron chi connectivity index (χ3n) is 4.87. The molecule has 25 heavy (non-hydrogen) atoms. The number of rotatable bonds is 7. The smallest absolute Gasteiger partial charge is 0.225 e. The monoisotopic (exact) mass is 364 g/mol. The molecule has 0 atom stereocenters. The molecule has 0 spiro atoms. The summed E-state index contributed by atoms with van der Waals surface area (Å²) in [4.78, 5) is 26.2. The molecule has 3 rings (SSSR count). The van der Waals surface area contributed by atoms with Gasteiger partial charge in [0.2, 0.25) is 11.8 Å². The van der Waals surface area contributed by atoms with Gasteiger partial charge in [0.05, 0.1) is 0 Å². The minimum absolute atomic E-state index is 0.0137. The number of hydrogen-bond donors (Lipinski definition) is 1. The van der Waals surface area contributed by atoms with E-state index in [0.29, 0.717) is 31.0 Å². The second-order valence-corrected chi connectivity index (χ2v) is 7.91. The Bertz CT molecular complexity index is 613. The van der Waals surface area contributed by atoms with Crippen molar-refractivity contribution >= 4 is 23.6 Å². The van der Waals surface area contributed by atoms with E-state index in [0.717, 1.165) is 31.4 Å². The predicted molar refractivity (Wildman–Crippen MR) is 97.6 cm³/mol. The van der Waals surface area contributed by atoms with E-state index in [4.69, 9.17) is 0 Å². The number of carbonyl (C=O) groups is 2. The van der Waals surface area contributed by atoms with E-state index in [9.17, 15) is 14.0 Å². The Labute approximate surface area is 152 Å². The van der Waals surface area contributed by atoms with Crippen LogP contribution < -0.4 is 5.32 Å². The molecular formula is C19H25FN2O2S. The molecule has 1 aromatic carbocycles. The highest BCUT2D eigenvalue weighted by Crippen LogP contribution is 2.32. The van der Waals surface area contributed by atoms with Gasteiger partial charge in [0.1, 0.15) is 5.82 Å². The molecule has 0 radical (unpaired) electrons. The van der Waals surface area contributed by atoms with Crippen LogP contribution in [-0.2, 0) is 15.3 Å². The molecule has 2 aliphatic rings. The molecule has 0 aromatic heterocycles. The second-order valence-electron chi connectivity index (χ2n) is 6.81. The maximum Gasteiger partial charge on any atom is 0.225 e. The molecule has 1 heterocycles. The zero-order chi connectivity index (χ0) is 17.6. The number of benzene rings is 1. The summed E-state index contributed by atoms with van der Waals surface area (Å²) in [6.45, 7) is 2.00. The summed E-state index contributed by atoms with van der Waals surface area (Å²) in [5, 5.41) is 2.98. The lowest BCUT2D eigenvalue weighted by atomic mass is 9.95. The summed E-state index contributed by atoms with van der Waals surface area (Å²) < 4.78 is 13.5. The molecule has 4 nitrogen and oxygen atoms in total. The van der Waals surface area contributed by atoms with E-state index in [1.54, 1.807) is 23.9 Å². The number of thioether (sulfide) groups is 1. The minimum Gasteiger partial charge on any atom is -0.355 e. The molecular weight excluding hydrogens is 339 g/mol. The molecule has 0 bridgehead atoms. The van der Waals surface area contributed by atoms with Gasteiger partial charge < -0.3 is 10.2 Å². The van der Waals surface area contributed by atoms with Crippen LogP contribution in [-0.4, -0.2) is 42.1 Å². The van der Waals surface area contributed by atoms with Gasteiger partial charge in [-0.05, 0) is 37.3 Å². The van der Waals surface area contributed by atoms with Crippen LogP contribution in [0, 0.1) is 17.7 Å². The van der Waals surface area contributed by atoms with Crippen molar-refractivity contribution in [2.24, 2.45) is 11.8 Å². The van der Waals surface area contributed by atoms with Crippen LogP contribution in [0.1, 0.15) is 31.2 Å². The molecule has 1 N–H and O–H groups in total. The first kappa shape index (κ1) is 18.2. The van der Waals surface area contributed by atoms with E-state index >= 15 is 0 Å². The topological polar surface area (TPSA) is 49.4 Å². The maximum atomic E-state index is 13.5. The van der Waals surface area contributed by atoms with Gasteiger partial charge in [-0.15, -0.1) is 0 Å². The van der Waals surface area contributed by atoms with E-state index in [2.05, 4.69) is 5.32 Å². The highest BCUT2D eigenvalue weighted by atomic mass is 32.2. The summed E-state index contributed by atoms with van der Waals surface area (Å²) in [6.07, 6.45) is 3.58. The van der Waals surface area contributed by atoms with Crippen LogP contribution in [0.25, 0.3) is 0 Å². The molecule has 1 saturated heterocycles. The lowest BCUT2D eigenvalue weighted by Gasteiger charge is -2.31. The van der Waals surface area contributed by atoms with Crippen molar-refractivity contribution in [3.63, 3.8) is 0 Å². The van der Waals surface area contributed by atoms with Gasteiger partial charge in [-0.2, -0.15) is 11.8 Å². The van der Waals surface area contributed by atoms with Gasteiger partial charge in [-0.3, -0.25) is 9.59 Å².